The summed E-state index contributed by atoms with van der Waals surface area (Å²) in [6, 6.07) is 2.43. The number of hydrogen-bond donors (Lipinski definition) is 0. The van der Waals surface area contributed by atoms with Gasteiger partial charge in [0, 0.05) is 13.1 Å². The van der Waals surface area contributed by atoms with Crippen molar-refractivity contribution in [1.29, 1.82) is 0 Å². The summed E-state index contributed by atoms with van der Waals surface area (Å²) < 4.78 is 57.8. The van der Waals surface area contributed by atoms with E-state index in [1.807, 2.05) is 0 Å². The lowest BCUT2D eigenvalue weighted by Gasteiger charge is -2.31. The van der Waals surface area contributed by atoms with Crippen LogP contribution in [0.4, 0.5) is 17.6 Å². The summed E-state index contributed by atoms with van der Waals surface area (Å²) in [5.41, 5.74) is -2.26. The van der Waals surface area contributed by atoms with Crippen LogP contribution in [0.5, 0.6) is 0 Å². The third-order valence-electron chi connectivity index (χ3n) is 3.93. The van der Waals surface area contributed by atoms with Crippen molar-refractivity contribution in [3.8, 4) is 0 Å². The minimum absolute atomic E-state index is 0.0773. The molecule has 0 saturated carbocycles. The standard InChI is InChI=1S/C16H17F4NO3/c1-2-24-15(23)10-6-8-21(9-7-10)14(22)13-11(16(18,19)20)4-3-5-12(13)17/h3-5,10H,2,6-9H2,1H3. The maximum atomic E-state index is 13.9. The fourth-order valence-corrected chi connectivity index (χ4v) is 2.71. The van der Waals surface area contributed by atoms with Crippen molar-refractivity contribution in [2.45, 2.75) is 25.9 Å². The second-order valence-corrected chi connectivity index (χ2v) is 5.48. The van der Waals surface area contributed by atoms with Crippen LogP contribution in [-0.2, 0) is 15.7 Å². The van der Waals surface area contributed by atoms with E-state index in [1.165, 1.54) is 0 Å². The largest absolute Gasteiger partial charge is 0.466 e. The molecule has 2 rings (SSSR count). The molecule has 1 saturated heterocycles. The van der Waals surface area contributed by atoms with Crippen LogP contribution in [-0.4, -0.2) is 36.5 Å². The van der Waals surface area contributed by atoms with Crippen molar-refractivity contribution in [3.63, 3.8) is 0 Å². The Balaban J connectivity index is 2.16. The highest BCUT2D eigenvalue weighted by Crippen LogP contribution is 2.34. The zero-order valence-electron chi connectivity index (χ0n) is 13.0. The van der Waals surface area contributed by atoms with E-state index in [-0.39, 0.29) is 38.5 Å². The third kappa shape index (κ3) is 3.85. The van der Waals surface area contributed by atoms with Gasteiger partial charge in [0.1, 0.15) is 5.82 Å². The minimum Gasteiger partial charge on any atom is -0.466 e. The average molecular weight is 347 g/mol. The number of amides is 1. The van der Waals surface area contributed by atoms with Crippen molar-refractivity contribution >= 4 is 11.9 Å². The summed E-state index contributed by atoms with van der Waals surface area (Å²) in [5.74, 6) is -2.99. The SMILES string of the molecule is CCOC(=O)C1CCN(C(=O)c2c(F)cccc2C(F)(F)F)CC1. The molecule has 0 radical (unpaired) electrons. The molecule has 0 aliphatic carbocycles. The second kappa shape index (κ2) is 7.19. The smallest absolute Gasteiger partial charge is 0.417 e. The molecule has 1 heterocycles. The van der Waals surface area contributed by atoms with Gasteiger partial charge in [-0.15, -0.1) is 0 Å². The molecule has 1 aliphatic rings. The monoisotopic (exact) mass is 347 g/mol. The summed E-state index contributed by atoms with van der Waals surface area (Å²) in [6.07, 6.45) is -4.27. The lowest BCUT2D eigenvalue weighted by atomic mass is 9.95. The molecule has 132 valence electrons. The maximum Gasteiger partial charge on any atom is 0.417 e. The lowest BCUT2D eigenvalue weighted by Crippen LogP contribution is -2.41. The third-order valence-corrected chi connectivity index (χ3v) is 3.93. The van der Waals surface area contributed by atoms with Gasteiger partial charge < -0.3 is 9.64 Å². The Bertz CT molecular complexity index is 622. The number of nitrogens with zero attached hydrogens (tertiary/aromatic N) is 1. The van der Waals surface area contributed by atoms with Gasteiger partial charge in [0.25, 0.3) is 5.91 Å². The van der Waals surface area contributed by atoms with Crippen LogP contribution < -0.4 is 0 Å². The van der Waals surface area contributed by atoms with Gasteiger partial charge >= 0.3 is 12.1 Å². The highest BCUT2D eigenvalue weighted by molar-refractivity contribution is 5.96. The zero-order chi connectivity index (χ0) is 17.9. The van der Waals surface area contributed by atoms with Gasteiger partial charge in [-0.25, -0.2) is 4.39 Å². The Kier molecular flexibility index (Phi) is 5.46. The summed E-state index contributed by atoms with van der Waals surface area (Å²) in [7, 11) is 0. The van der Waals surface area contributed by atoms with Crippen molar-refractivity contribution in [2.75, 3.05) is 19.7 Å². The topological polar surface area (TPSA) is 46.6 Å². The first-order chi connectivity index (χ1) is 11.3. The number of hydrogen-bond acceptors (Lipinski definition) is 3. The highest BCUT2D eigenvalue weighted by Gasteiger charge is 2.39. The summed E-state index contributed by atoms with van der Waals surface area (Å²) >= 11 is 0. The van der Waals surface area contributed by atoms with Crippen LogP contribution in [0.15, 0.2) is 18.2 Å². The summed E-state index contributed by atoms with van der Waals surface area (Å²) in [6.45, 7) is 2.07. The molecule has 0 aromatic heterocycles. The van der Waals surface area contributed by atoms with E-state index < -0.39 is 34.9 Å². The van der Waals surface area contributed by atoms with Crippen molar-refractivity contribution in [1.82, 2.24) is 4.90 Å². The van der Waals surface area contributed by atoms with Crippen LogP contribution in [0.2, 0.25) is 0 Å². The molecule has 0 bridgehead atoms. The van der Waals surface area contributed by atoms with Crippen molar-refractivity contribution in [2.24, 2.45) is 5.92 Å². The normalized spacial score (nSPS) is 16.1. The Morgan fingerprint density at radius 3 is 2.42 bits per heavy atom. The van der Waals surface area contributed by atoms with Gasteiger partial charge in [-0.1, -0.05) is 6.07 Å². The molecule has 1 aromatic carbocycles. The summed E-state index contributed by atoms with van der Waals surface area (Å²) in [4.78, 5) is 25.2. The Morgan fingerprint density at radius 2 is 1.88 bits per heavy atom. The van der Waals surface area contributed by atoms with Crippen LogP contribution >= 0.6 is 0 Å². The fraction of sp³-hybridized carbons (Fsp3) is 0.500. The summed E-state index contributed by atoms with van der Waals surface area (Å²) in [5, 5.41) is 0. The number of ether oxygens (including phenoxy) is 1. The van der Waals surface area contributed by atoms with Gasteiger partial charge in [-0.3, -0.25) is 9.59 Å². The predicted octanol–water partition coefficient (Wildman–Crippen LogP) is 3.26. The van der Waals surface area contributed by atoms with Gasteiger partial charge in [-0.05, 0) is 31.9 Å². The van der Waals surface area contributed by atoms with Crippen LogP contribution in [0.25, 0.3) is 0 Å². The van der Waals surface area contributed by atoms with E-state index in [2.05, 4.69) is 0 Å². The number of esters is 1. The molecule has 8 heteroatoms. The molecule has 24 heavy (non-hydrogen) atoms. The number of alkyl halides is 3. The fourth-order valence-electron chi connectivity index (χ4n) is 2.71. The molecule has 1 amide bonds. The Labute approximate surface area is 136 Å². The second-order valence-electron chi connectivity index (χ2n) is 5.48. The van der Waals surface area contributed by atoms with E-state index in [1.54, 1.807) is 6.92 Å². The van der Waals surface area contributed by atoms with E-state index in [9.17, 15) is 27.2 Å². The van der Waals surface area contributed by atoms with Gasteiger partial charge in [0.2, 0.25) is 0 Å². The molecule has 0 unspecified atom stereocenters. The van der Waals surface area contributed by atoms with Crippen LogP contribution in [0.3, 0.4) is 0 Å². The molecular weight excluding hydrogens is 330 g/mol. The molecule has 0 spiro atoms. The maximum absolute atomic E-state index is 13.9. The molecular formula is C16H17F4NO3. The Hall–Kier alpha value is -2.12. The van der Waals surface area contributed by atoms with Gasteiger partial charge in [0.05, 0.1) is 23.7 Å². The zero-order valence-corrected chi connectivity index (χ0v) is 13.0. The number of likely N-dealkylation sites (tertiary alicyclic amines) is 1. The number of piperidine rings is 1. The number of carbonyl (C=O) groups is 2. The molecule has 1 fully saturated rings. The first-order valence-corrected chi connectivity index (χ1v) is 7.57. The predicted molar refractivity (Wildman–Crippen MR) is 76.7 cm³/mol. The quantitative estimate of drug-likeness (QED) is 0.623. The number of carbonyl (C=O) groups excluding carboxylic acids is 2. The van der Waals surface area contributed by atoms with Gasteiger partial charge in [0.15, 0.2) is 0 Å². The minimum atomic E-state index is -4.82. The number of halogens is 4. The average Bonchev–Trinajstić information content (AvgIpc) is 2.53. The number of rotatable bonds is 3. The molecule has 1 aromatic rings. The van der Waals surface area contributed by atoms with E-state index in [0.29, 0.717) is 6.07 Å². The Morgan fingerprint density at radius 1 is 1.25 bits per heavy atom. The van der Waals surface area contributed by atoms with E-state index >= 15 is 0 Å². The van der Waals surface area contributed by atoms with Crippen LogP contribution in [0, 0.1) is 11.7 Å². The van der Waals surface area contributed by atoms with Crippen molar-refractivity contribution < 1.29 is 31.9 Å². The van der Waals surface area contributed by atoms with Gasteiger partial charge in [-0.2, -0.15) is 13.2 Å². The van der Waals surface area contributed by atoms with E-state index in [0.717, 1.165) is 17.0 Å². The first-order valence-electron chi connectivity index (χ1n) is 7.57. The first kappa shape index (κ1) is 18.2. The van der Waals surface area contributed by atoms with Crippen molar-refractivity contribution in [3.05, 3.63) is 35.1 Å². The van der Waals surface area contributed by atoms with Crippen LogP contribution in [0.1, 0.15) is 35.7 Å². The number of benzene rings is 1. The molecule has 1 aliphatic heterocycles. The van der Waals surface area contributed by atoms with E-state index in [4.69, 9.17) is 4.74 Å². The molecule has 0 N–H and O–H groups in total. The lowest BCUT2D eigenvalue weighted by molar-refractivity contribution is -0.149. The highest BCUT2D eigenvalue weighted by atomic mass is 19.4. The molecule has 4 nitrogen and oxygen atoms in total. The molecule has 0 atom stereocenters.